The van der Waals surface area contributed by atoms with E-state index in [0.29, 0.717) is 16.3 Å². The van der Waals surface area contributed by atoms with Gasteiger partial charge in [-0.2, -0.15) is 0 Å². The molecule has 2 aromatic rings. The van der Waals surface area contributed by atoms with Crippen molar-refractivity contribution in [2.45, 2.75) is 39.2 Å². The van der Waals surface area contributed by atoms with E-state index >= 15 is 0 Å². The smallest absolute Gasteiger partial charge is 0.258 e. The highest BCUT2D eigenvalue weighted by Crippen LogP contribution is 2.32. The highest BCUT2D eigenvalue weighted by Gasteiger charge is 2.18. The van der Waals surface area contributed by atoms with E-state index in [1.807, 2.05) is 6.07 Å². The molecule has 2 N–H and O–H groups in total. The van der Waals surface area contributed by atoms with Crippen LogP contribution in [0.4, 0.5) is 10.1 Å². The largest absolute Gasteiger partial charge is 0.484 e. The van der Waals surface area contributed by atoms with Gasteiger partial charge in [0, 0.05) is 5.02 Å². The van der Waals surface area contributed by atoms with Crippen LogP contribution in [0.25, 0.3) is 0 Å². The molecule has 0 saturated carbocycles. The molecule has 9 heteroatoms. The first-order chi connectivity index (χ1) is 13.8. The van der Waals surface area contributed by atoms with Crippen molar-refractivity contribution in [3.63, 3.8) is 0 Å². The minimum absolute atomic E-state index is 0.107. The number of benzene rings is 2. The molecule has 0 fully saturated rings. The summed E-state index contributed by atoms with van der Waals surface area (Å²) in [6.45, 7) is 7.61. The summed E-state index contributed by atoms with van der Waals surface area (Å²) in [6.07, 6.45) is 0.938. The third kappa shape index (κ3) is 6.88. The Kier molecular flexibility index (Phi) is 7.36. The van der Waals surface area contributed by atoms with E-state index in [9.17, 15) is 17.6 Å². The second-order valence-electron chi connectivity index (χ2n) is 8.08. The van der Waals surface area contributed by atoms with Crippen LogP contribution in [0.2, 0.25) is 5.02 Å². The number of anilines is 1. The van der Waals surface area contributed by atoms with Crippen LogP contribution in [-0.2, 0) is 20.2 Å². The van der Waals surface area contributed by atoms with E-state index in [0.717, 1.165) is 11.8 Å². The molecule has 0 bridgehead atoms. The molecule has 0 unspecified atom stereocenters. The molecular formula is C21H26ClFN2O4S. The van der Waals surface area contributed by atoms with Gasteiger partial charge in [-0.1, -0.05) is 44.5 Å². The van der Waals surface area contributed by atoms with Gasteiger partial charge in [-0.25, -0.2) is 12.8 Å². The fourth-order valence-electron chi connectivity index (χ4n) is 2.79. The molecule has 30 heavy (non-hydrogen) atoms. The minimum Gasteiger partial charge on any atom is -0.484 e. The maximum absolute atomic E-state index is 14.1. The molecule has 0 aromatic heterocycles. The highest BCUT2D eigenvalue weighted by molar-refractivity contribution is 7.92. The minimum atomic E-state index is -3.59. The Morgan fingerprint density at radius 2 is 1.87 bits per heavy atom. The van der Waals surface area contributed by atoms with E-state index in [2.05, 4.69) is 30.8 Å². The SMILES string of the molecule is C[C@@H](NC(=O)COc1ccc(C(C)(C)C)c(Cl)c1)c1ccc(NS(C)(=O)=O)c(F)c1. The standard InChI is InChI=1S/C21H26ClFN2O4S/c1-13(14-6-9-19(18(23)10-14)25-30(5,27)28)24-20(26)12-29-15-7-8-16(17(22)11-15)21(2,3)4/h6-11,13,25H,12H2,1-5H3,(H,24,26)/t13-/m1/s1. The van der Waals surface area contributed by atoms with Crippen LogP contribution >= 0.6 is 11.6 Å². The normalized spacial score (nSPS) is 12.9. The number of ether oxygens (including phenoxy) is 1. The monoisotopic (exact) mass is 456 g/mol. The van der Waals surface area contributed by atoms with Crippen molar-refractivity contribution in [2.75, 3.05) is 17.6 Å². The van der Waals surface area contributed by atoms with E-state index in [-0.39, 0.29) is 17.7 Å². The maximum atomic E-state index is 14.1. The summed E-state index contributed by atoms with van der Waals surface area (Å²) >= 11 is 6.30. The van der Waals surface area contributed by atoms with Crippen LogP contribution in [0, 0.1) is 5.82 Å². The average molecular weight is 457 g/mol. The number of rotatable bonds is 7. The fraction of sp³-hybridized carbons (Fsp3) is 0.381. The Balaban J connectivity index is 1.96. The molecule has 0 spiro atoms. The quantitative estimate of drug-likeness (QED) is 0.646. The number of nitrogens with one attached hydrogen (secondary N) is 2. The Bertz CT molecular complexity index is 1040. The lowest BCUT2D eigenvalue weighted by Gasteiger charge is -2.21. The predicted molar refractivity (Wildman–Crippen MR) is 117 cm³/mol. The molecule has 6 nitrogen and oxygen atoms in total. The summed E-state index contributed by atoms with van der Waals surface area (Å²) in [4.78, 5) is 12.2. The Hall–Kier alpha value is -2.32. The zero-order valence-corrected chi connectivity index (χ0v) is 19.1. The topological polar surface area (TPSA) is 84.5 Å². The van der Waals surface area contributed by atoms with Crippen molar-refractivity contribution >= 4 is 33.2 Å². The number of amides is 1. The van der Waals surface area contributed by atoms with Crippen LogP contribution in [0.1, 0.15) is 44.9 Å². The molecule has 0 aliphatic heterocycles. The molecule has 164 valence electrons. The first-order valence-electron chi connectivity index (χ1n) is 9.25. The van der Waals surface area contributed by atoms with Gasteiger partial charge in [0.1, 0.15) is 11.6 Å². The third-order valence-electron chi connectivity index (χ3n) is 4.28. The summed E-state index contributed by atoms with van der Waals surface area (Å²) < 4.78 is 44.2. The lowest BCUT2D eigenvalue weighted by molar-refractivity contribution is -0.123. The number of carbonyl (C=O) groups excluding carboxylic acids is 1. The molecular weight excluding hydrogens is 431 g/mol. The lowest BCUT2D eigenvalue weighted by atomic mass is 9.87. The van der Waals surface area contributed by atoms with E-state index in [1.165, 1.54) is 18.2 Å². The molecule has 0 radical (unpaired) electrons. The van der Waals surface area contributed by atoms with Gasteiger partial charge in [0.25, 0.3) is 5.91 Å². The first kappa shape index (κ1) is 24.0. The molecule has 2 rings (SSSR count). The van der Waals surface area contributed by atoms with Crippen molar-refractivity contribution in [2.24, 2.45) is 0 Å². The molecule has 1 amide bonds. The summed E-state index contributed by atoms with van der Waals surface area (Å²) in [5, 5.41) is 3.27. The van der Waals surface area contributed by atoms with Gasteiger partial charge in [0.2, 0.25) is 10.0 Å². The van der Waals surface area contributed by atoms with Gasteiger partial charge < -0.3 is 10.1 Å². The molecule has 0 heterocycles. The van der Waals surface area contributed by atoms with Gasteiger partial charge in [-0.05, 0) is 47.7 Å². The fourth-order valence-corrected chi connectivity index (χ4v) is 3.81. The molecule has 1 atom stereocenters. The zero-order valence-electron chi connectivity index (χ0n) is 17.5. The van der Waals surface area contributed by atoms with Gasteiger partial charge in [0.05, 0.1) is 18.0 Å². The van der Waals surface area contributed by atoms with E-state index < -0.39 is 27.8 Å². The Morgan fingerprint density at radius 1 is 1.20 bits per heavy atom. The maximum Gasteiger partial charge on any atom is 0.258 e. The number of carbonyl (C=O) groups is 1. The average Bonchev–Trinajstić information content (AvgIpc) is 2.59. The summed E-state index contributed by atoms with van der Waals surface area (Å²) in [7, 11) is -3.59. The van der Waals surface area contributed by atoms with Crippen LogP contribution in [0.5, 0.6) is 5.75 Å². The van der Waals surface area contributed by atoms with Crippen molar-refractivity contribution in [3.8, 4) is 5.75 Å². The summed E-state index contributed by atoms with van der Waals surface area (Å²) in [5.74, 6) is -0.654. The molecule has 0 aliphatic carbocycles. The van der Waals surface area contributed by atoms with E-state index in [4.69, 9.17) is 16.3 Å². The number of hydrogen-bond acceptors (Lipinski definition) is 4. The molecule has 2 aromatic carbocycles. The van der Waals surface area contributed by atoms with Crippen LogP contribution in [0.3, 0.4) is 0 Å². The van der Waals surface area contributed by atoms with Gasteiger partial charge in [0.15, 0.2) is 6.61 Å². The number of halogens is 2. The van der Waals surface area contributed by atoms with Crippen molar-refractivity contribution in [1.82, 2.24) is 5.32 Å². The number of sulfonamides is 1. The predicted octanol–water partition coefficient (Wildman–Crippen LogP) is 4.40. The Morgan fingerprint density at radius 3 is 2.40 bits per heavy atom. The Labute approximate surface area is 181 Å². The van der Waals surface area contributed by atoms with Crippen LogP contribution < -0.4 is 14.8 Å². The summed E-state index contributed by atoms with van der Waals surface area (Å²) in [6, 6.07) is 8.80. The lowest BCUT2D eigenvalue weighted by Crippen LogP contribution is -2.31. The van der Waals surface area contributed by atoms with E-state index in [1.54, 1.807) is 19.1 Å². The molecule has 0 aliphatic rings. The number of hydrogen-bond donors (Lipinski definition) is 2. The van der Waals surface area contributed by atoms with Crippen molar-refractivity contribution < 1.29 is 22.3 Å². The van der Waals surface area contributed by atoms with Gasteiger partial charge in [-0.15, -0.1) is 0 Å². The zero-order chi connectivity index (χ0) is 22.7. The van der Waals surface area contributed by atoms with Crippen LogP contribution in [0.15, 0.2) is 36.4 Å². The second kappa shape index (κ2) is 9.22. The highest BCUT2D eigenvalue weighted by atomic mass is 35.5. The van der Waals surface area contributed by atoms with Crippen molar-refractivity contribution in [1.29, 1.82) is 0 Å². The molecule has 0 saturated heterocycles. The third-order valence-corrected chi connectivity index (χ3v) is 5.19. The van der Waals surface area contributed by atoms with Crippen molar-refractivity contribution in [3.05, 3.63) is 58.4 Å². The van der Waals surface area contributed by atoms with Gasteiger partial charge in [-0.3, -0.25) is 9.52 Å². The summed E-state index contributed by atoms with van der Waals surface area (Å²) in [5.41, 5.74) is 1.20. The van der Waals surface area contributed by atoms with Gasteiger partial charge >= 0.3 is 0 Å². The first-order valence-corrected chi connectivity index (χ1v) is 11.5. The second-order valence-corrected chi connectivity index (χ2v) is 10.2. The van der Waals surface area contributed by atoms with Crippen LogP contribution in [-0.4, -0.2) is 27.2 Å².